The molecule has 0 radical (unpaired) electrons. The van der Waals surface area contributed by atoms with Crippen molar-refractivity contribution in [3.63, 3.8) is 0 Å². The highest BCUT2D eigenvalue weighted by Gasteiger charge is 2.14. The van der Waals surface area contributed by atoms with Gasteiger partial charge in [-0.3, -0.25) is 14.2 Å². The van der Waals surface area contributed by atoms with Crippen molar-refractivity contribution in [1.82, 2.24) is 24.9 Å². The third kappa shape index (κ3) is 3.68. The molecule has 0 spiro atoms. The lowest BCUT2D eigenvalue weighted by Crippen LogP contribution is -2.28. The van der Waals surface area contributed by atoms with E-state index in [4.69, 9.17) is 11.6 Å². The average molecular weight is 324 g/mol. The number of hydrogen-bond donors (Lipinski definition) is 1. The molecule has 6 nitrogen and oxygen atoms in total. The van der Waals surface area contributed by atoms with Crippen molar-refractivity contribution in [3.8, 4) is 0 Å². The van der Waals surface area contributed by atoms with Crippen LogP contribution in [0.2, 0.25) is 5.02 Å². The van der Waals surface area contributed by atoms with Crippen LogP contribution in [-0.2, 0) is 17.9 Å². The summed E-state index contributed by atoms with van der Waals surface area (Å²) in [4.78, 5) is 12.1. The fourth-order valence-corrected chi connectivity index (χ4v) is 2.41. The van der Waals surface area contributed by atoms with E-state index in [2.05, 4.69) is 15.5 Å². The SMILES string of the molecule is CCn1ccc(C(C)NC(=O)CCn2nc(C)c(Cl)c2C)n1. The van der Waals surface area contributed by atoms with Gasteiger partial charge in [0, 0.05) is 19.2 Å². The van der Waals surface area contributed by atoms with Crippen molar-refractivity contribution >= 4 is 17.5 Å². The fourth-order valence-electron chi connectivity index (χ4n) is 2.27. The fraction of sp³-hybridized carbons (Fsp3) is 0.533. The van der Waals surface area contributed by atoms with Crippen molar-refractivity contribution in [2.75, 3.05) is 0 Å². The standard InChI is InChI=1S/C15H22ClN5O/c1-5-20-8-6-13(19-20)10(2)17-14(22)7-9-21-12(4)15(16)11(3)18-21/h6,8,10H,5,7,9H2,1-4H3,(H,17,22). The molecule has 22 heavy (non-hydrogen) atoms. The van der Waals surface area contributed by atoms with Crippen LogP contribution in [0.3, 0.4) is 0 Å². The molecular weight excluding hydrogens is 302 g/mol. The van der Waals surface area contributed by atoms with Crippen LogP contribution in [0.1, 0.15) is 43.4 Å². The van der Waals surface area contributed by atoms with E-state index in [-0.39, 0.29) is 11.9 Å². The number of nitrogens with zero attached hydrogens (tertiary/aromatic N) is 4. The van der Waals surface area contributed by atoms with E-state index < -0.39 is 0 Å². The smallest absolute Gasteiger partial charge is 0.222 e. The Balaban J connectivity index is 1.88. The summed E-state index contributed by atoms with van der Waals surface area (Å²) in [5, 5.41) is 12.3. The summed E-state index contributed by atoms with van der Waals surface area (Å²) >= 11 is 6.10. The summed E-state index contributed by atoms with van der Waals surface area (Å²) in [7, 11) is 0. The molecule has 0 aliphatic heterocycles. The molecule has 7 heteroatoms. The molecule has 0 saturated carbocycles. The van der Waals surface area contributed by atoms with Gasteiger partial charge in [0.1, 0.15) is 0 Å². The van der Waals surface area contributed by atoms with Gasteiger partial charge in [-0.1, -0.05) is 11.6 Å². The Morgan fingerprint density at radius 1 is 1.41 bits per heavy atom. The molecule has 0 aliphatic rings. The largest absolute Gasteiger partial charge is 0.348 e. The number of aromatic nitrogens is 4. The Morgan fingerprint density at radius 3 is 2.68 bits per heavy atom. The summed E-state index contributed by atoms with van der Waals surface area (Å²) in [6.07, 6.45) is 2.27. The van der Waals surface area contributed by atoms with E-state index >= 15 is 0 Å². The van der Waals surface area contributed by atoms with E-state index in [1.165, 1.54) is 0 Å². The first-order valence-electron chi connectivity index (χ1n) is 7.44. The number of rotatable bonds is 6. The highest BCUT2D eigenvalue weighted by atomic mass is 35.5. The van der Waals surface area contributed by atoms with Gasteiger partial charge in [0.25, 0.3) is 0 Å². The molecule has 0 aromatic carbocycles. The van der Waals surface area contributed by atoms with Crippen LogP contribution in [0.4, 0.5) is 0 Å². The van der Waals surface area contributed by atoms with Crippen LogP contribution in [0.5, 0.6) is 0 Å². The van der Waals surface area contributed by atoms with E-state index in [1.807, 2.05) is 44.6 Å². The first-order chi connectivity index (χ1) is 10.4. The van der Waals surface area contributed by atoms with E-state index in [1.54, 1.807) is 4.68 Å². The van der Waals surface area contributed by atoms with Crippen LogP contribution >= 0.6 is 11.6 Å². The van der Waals surface area contributed by atoms with Crippen molar-refractivity contribution in [1.29, 1.82) is 0 Å². The maximum Gasteiger partial charge on any atom is 0.222 e. The maximum absolute atomic E-state index is 12.1. The zero-order valence-electron chi connectivity index (χ0n) is 13.4. The highest BCUT2D eigenvalue weighted by molar-refractivity contribution is 6.31. The number of amides is 1. The van der Waals surface area contributed by atoms with Crippen molar-refractivity contribution < 1.29 is 4.79 Å². The molecule has 1 amide bonds. The van der Waals surface area contributed by atoms with E-state index in [9.17, 15) is 4.79 Å². The van der Waals surface area contributed by atoms with Gasteiger partial charge < -0.3 is 5.32 Å². The first kappa shape index (κ1) is 16.5. The normalized spacial score (nSPS) is 12.4. The molecule has 2 aromatic heterocycles. The Kier molecular flexibility index (Phi) is 5.24. The predicted octanol–water partition coefficient (Wildman–Crippen LogP) is 2.64. The number of hydrogen-bond acceptors (Lipinski definition) is 3. The number of carbonyl (C=O) groups is 1. The lowest BCUT2D eigenvalue weighted by Gasteiger charge is -2.12. The second-order valence-corrected chi connectivity index (χ2v) is 5.72. The average Bonchev–Trinajstić information content (AvgIpc) is 3.06. The maximum atomic E-state index is 12.1. The summed E-state index contributed by atoms with van der Waals surface area (Å²) in [6, 6.07) is 1.82. The molecule has 1 N–H and O–H groups in total. The van der Waals surface area contributed by atoms with E-state index in [0.717, 1.165) is 23.6 Å². The summed E-state index contributed by atoms with van der Waals surface area (Å²) in [6.45, 7) is 9.05. The van der Waals surface area contributed by atoms with Gasteiger partial charge in [-0.05, 0) is 33.8 Å². The number of halogens is 1. The molecule has 2 heterocycles. The molecule has 120 valence electrons. The van der Waals surface area contributed by atoms with Gasteiger partial charge in [-0.2, -0.15) is 10.2 Å². The van der Waals surface area contributed by atoms with Gasteiger partial charge in [0.05, 0.1) is 34.7 Å². The summed E-state index contributed by atoms with van der Waals surface area (Å²) < 4.78 is 3.61. The van der Waals surface area contributed by atoms with Crippen LogP contribution in [0.25, 0.3) is 0 Å². The van der Waals surface area contributed by atoms with Crippen LogP contribution in [0.15, 0.2) is 12.3 Å². The monoisotopic (exact) mass is 323 g/mol. The van der Waals surface area contributed by atoms with Crippen molar-refractivity contribution in [2.45, 2.75) is 53.2 Å². The van der Waals surface area contributed by atoms with Gasteiger partial charge in [0.2, 0.25) is 5.91 Å². The van der Waals surface area contributed by atoms with Crippen LogP contribution in [0, 0.1) is 13.8 Å². The third-order valence-corrected chi connectivity index (χ3v) is 4.20. The predicted molar refractivity (Wildman–Crippen MR) is 85.8 cm³/mol. The second kappa shape index (κ2) is 6.96. The van der Waals surface area contributed by atoms with Crippen LogP contribution in [-0.4, -0.2) is 25.5 Å². The molecule has 0 aliphatic carbocycles. The quantitative estimate of drug-likeness (QED) is 0.888. The Morgan fingerprint density at radius 2 is 2.14 bits per heavy atom. The Labute approximate surface area is 135 Å². The number of carbonyl (C=O) groups excluding carboxylic acids is 1. The lowest BCUT2D eigenvalue weighted by atomic mass is 10.2. The lowest BCUT2D eigenvalue weighted by molar-refractivity contribution is -0.122. The third-order valence-electron chi connectivity index (χ3n) is 3.65. The second-order valence-electron chi connectivity index (χ2n) is 5.34. The molecule has 1 unspecified atom stereocenters. The zero-order valence-corrected chi connectivity index (χ0v) is 14.2. The molecule has 0 saturated heterocycles. The minimum atomic E-state index is -0.107. The summed E-state index contributed by atoms with van der Waals surface area (Å²) in [5.74, 6) is -0.0257. The Hall–Kier alpha value is -1.82. The van der Waals surface area contributed by atoms with Crippen molar-refractivity contribution in [2.24, 2.45) is 0 Å². The molecule has 2 aromatic rings. The first-order valence-corrected chi connectivity index (χ1v) is 7.82. The zero-order chi connectivity index (χ0) is 16.3. The topological polar surface area (TPSA) is 64.7 Å². The molecule has 2 rings (SSSR count). The number of nitrogens with one attached hydrogen (secondary N) is 1. The summed E-state index contributed by atoms with van der Waals surface area (Å²) in [5.41, 5.74) is 2.55. The molecule has 1 atom stereocenters. The Bertz CT molecular complexity index is 661. The van der Waals surface area contributed by atoms with Gasteiger partial charge >= 0.3 is 0 Å². The van der Waals surface area contributed by atoms with Crippen molar-refractivity contribution in [3.05, 3.63) is 34.4 Å². The highest BCUT2D eigenvalue weighted by Crippen LogP contribution is 2.19. The minimum Gasteiger partial charge on any atom is -0.348 e. The van der Waals surface area contributed by atoms with Crippen LogP contribution < -0.4 is 5.32 Å². The van der Waals surface area contributed by atoms with Gasteiger partial charge in [0.15, 0.2) is 0 Å². The molecule has 0 bridgehead atoms. The van der Waals surface area contributed by atoms with Gasteiger partial charge in [-0.25, -0.2) is 0 Å². The molecule has 0 fully saturated rings. The number of aryl methyl sites for hydroxylation is 3. The van der Waals surface area contributed by atoms with Gasteiger partial charge in [-0.15, -0.1) is 0 Å². The minimum absolute atomic E-state index is 0.0257. The van der Waals surface area contributed by atoms with E-state index in [0.29, 0.717) is 18.0 Å². The molecular formula is C15H22ClN5O.